The maximum Gasteiger partial charge on any atom is 0.227 e. The zero-order valence-corrected chi connectivity index (χ0v) is 11.7. The molecule has 0 bridgehead atoms. The highest BCUT2D eigenvalue weighted by Crippen LogP contribution is 2.34. The summed E-state index contributed by atoms with van der Waals surface area (Å²) in [6.45, 7) is 2.93. The van der Waals surface area contributed by atoms with Crippen molar-refractivity contribution in [2.45, 2.75) is 39.0 Å². The van der Waals surface area contributed by atoms with Crippen LogP contribution >= 0.6 is 22.9 Å². The molecule has 2 rings (SSSR count). The third-order valence-electron chi connectivity index (χ3n) is 3.06. The number of carbonyl (C=O) groups is 1. The third kappa shape index (κ3) is 3.02. The number of anilines is 1. The molecule has 17 heavy (non-hydrogen) atoms. The Balaban J connectivity index is 2.17. The van der Waals surface area contributed by atoms with Gasteiger partial charge in [-0.1, -0.05) is 0 Å². The average Bonchev–Trinajstić information content (AvgIpc) is 2.59. The molecule has 0 radical (unpaired) electrons. The highest BCUT2D eigenvalue weighted by molar-refractivity contribution is 7.12. The van der Waals surface area contributed by atoms with E-state index in [2.05, 4.69) is 13.0 Å². The summed E-state index contributed by atoms with van der Waals surface area (Å²) in [4.78, 5) is 16.7. The highest BCUT2D eigenvalue weighted by atomic mass is 35.5. The standard InChI is InChI=1S/C13H18ClNOS/c1-10-9-11-12(17-10)5-4-6-13(16)15(11)8-3-2-7-14/h9H,2-8H2,1H3. The summed E-state index contributed by atoms with van der Waals surface area (Å²) in [5.74, 6) is 0.952. The molecule has 1 aromatic heterocycles. The highest BCUT2D eigenvalue weighted by Gasteiger charge is 2.23. The van der Waals surface area contributed by atoms with E-state index >= 15 is 0 Å². The number of unbranched alkanes of at least 4 members (excludes halogenated alkanes) is 1. The number of halogens is 1. The summed E-state index contributed by atoms with van der Waals surface area (Å²) in [7, 11) is 0. The second kappa shape index (κ2) is 5.87. The van der Waals surface area contributed by atoms with E-state index in [0.717, 1.165) is 37.9 Å². The number of hydrogen-bond donors (Lipinski definition) is 0. The second-order valence-corrected chi connectivity index (χ2v) is 6.18. The first kappa shape index (κ1) is 12.9. The van der Waals surface area contributed by atoms with Crippen LogP contribution in [0.25, 0.3) is 0 Å². The van der Waals surface area contributed by atoms with Gasteiger partial charge in [0.05, 0.1) is 5.69 Å². The maximum absolute atomic E-state index is 12.1. The quantitative estimate of drug-likeness (QED) is 0.603. The van der Waals surface area contributed by atoms with Crippen LogP contribution in [0.3, 0.4) is 0 Å². The van der Waals surface area contributed by atoms with Crippen molar-refractivity contribution in [3.05, 3.63) is 15.8 Å². The van der Waals surface area contributed by atoms with E-state index in [1.807, 2.05) is 16.2 Å². The lowest BCUT2D eigenvalue weighted by molar-refractivity contribution is -0.118. The molecular formula is C13H18ClNOS. The molecule has 0 saturated heterocycles. The van der Waals surface area contributed by atoms with Gasteiger partial charge in [-0.2, -0.15) is 0 Å². The van der Waals surface area contributed by atoms with E-state index in [1.165, 1.54) is 9.75 Å². The van der Waals surface area contributed by atoms with Crippen molar-refractivity contribution in [2.75, 3.05) is 17.3 Å². The van der Waals surface area contributed by atoms with Gasteiger partial charge in [-0.15, -0.1) is 22.9 Å². The molecule has 4 heteroatoms. The van der Waals surface area contributed by atoms with Gasteiger partial charge >= 0.3 is 0 Å². The molecule has 0 spiro atoms. The summed E-state index contributed by atoms with van der Waals surface area (Å²) in [6.07, 6.45) is 4.68. The first-order valence-corrected chi connectivity index (χ1v) is 7.53. The Bertz CT molecular complexity index is 402. The molecule has 1 amide bonds. The van der Waals surface area contributed by atoms with Gasteiger partial charge in [-0.25, -0.2) is 0 Å². The number of rotatable bonds is 4. The normalized spacial score (nSPS) is 15.9. The monoisotopic (exact) mass is 271 g/mol. The molecule has 2 heterocycles. The fraction of sp³-hybridized carbons (Fsp3) is 0.615. The minimum absolute atomic E-state index is 0.274. The zero-order valence-electron chi connectivity index (χ0n) is 10.2. The van der Waals surface area contributed by atoms with Crippen LogP contribution in [-0.2, 0) is 11.2 Å². The second-order valence-electron chi connectivity index (χ2n) is 4.46. The number of amides is 1. The van der Waals surface area contributed by atoms with Gasteiger partial charge < -0.3 is 4.90 Å². The molecular weight excluding hydrogens is 254 g/mol. The minimum Gasteiger partial charge on any atom is -0.311 e. The summed E-state index contributed by atoms with van der Waals surface area (Å²) < 4.78 is 0. The van der Waals surface area contributed by atoms with E-state index in [0.29, 0.717) is 12.3 Å². The van der Waals surface area contributed by atoms with E-state index in [4.69, 9.17) is 11.6 Å². The summed E-state index contributed by atoms with van der Waals surface area (Å²) in [5, 5.41) is 0. The Hall–Kier alpha value is -0.540. The minimum atomic E-state index is 0.274. The predicted molar refractivity (Wildman–Crippen MR) is 74.3 cm³/mol. The van der Waals surface area contributed by atoms with E-state index in [-0.39, 0.29) is 5.91 Å². The SMILES string of the molecule is Cc1cc2c(s1)CCCC(=O)N2CCCCCl. The molecule has 0 aliphatic carbocycles. The van der Waals surface area contributed by atoms with Crippen molar-refractivity contribution in [1.29, 1.82) is 0 Å². The van der Waals surface area contributed by atoms with Gasteiger partial charge in [-0.3, -0.25) is 4.79 Å². The van der Waals surface area contributed by atoms with Gasteiger partial charge in [0.1, 0.15) is 0 Å². The topological polar surface area (TPSA) is 20.3 Å². The fourth-order valence-corrected chi connectivity index (χ4v) is 3.50. The zero-order chi connectivity index (χ0) is 12.3. The van der Waals surface area contributed by atoms with Crippen LogP contribution in [0.2, 0.25) is 0 Å². The molecule has 0 N–H and O–H groups in total. The number of nitrogens with zero attached hydrogens (tertiary/aromatic N) is 1. The van der Waals surface area contributed by atoms with E-state index in [9.17, 15) is 4.79 Å². The molecule has 1 aliphatic heterocycles. The van der Waals surface area contributed by atoms with Gasteiger partial charge in [0.2, 0.25) is 5.91 Å². The molecule has 2 nitrogen and oxygen atoms in total. The van der Waals surface area contributed by atoms with Gasteiger partial charge in [-0.05, 0) is 38.7 Å². The molecule has 0 fully saturated rings. The molecule has 0 saturated carbocycles. The van der Waals surface area contributed by atoms with Crippen LogP contribution in [0.1, 0.15) is 35.4 Å². The van der Waals surface area contributed by atoms with Gasteiger partial charge in [0.15, 0.2) is 0 Å². The van der Waals surface area contributed by atoms with E-state index in [1.54, 1.807) is 0 Å². The van der Waals surface area contributed by atoms with Gasteiger partial charge in [0.25, 0.3) is 0 Å². The van der Waals surface area contributed by atoms with Crippen molar-refractivity contribution in [2.24, 2.45) is 0 Å². The van der Waals surface area contributed by atoms with Crippen LogP contribution in [-0.4, -0.2) is 18.3 Å². The van der Waals surface area contributed by atoms with Crippen molar-refractivity contribution < 1.29 is 4.79 Å². The largest absolute Gasteiger partial charge is 0.311 e. The van der Waals surface area contributed by atoms with Gasteiger partial charge in [0, 0.05) is 28.6 Å². The number of aryl methyl sites for hydroxylation is 2. The molecule has 0 unspecified atom stereocenters. The van der Waals surface area contributed by atoms with Crippen molar-refractivity contribution in [1.82, 2.24) is 0 Å². The summed E-state index contributed by atoms with van der Waals surface area (Å²) in [6, 6.07) is 2.16. The molecule has 94 valence electrons. The number of hydrogen-bond acceptors (Lipinski definition) is 2. The first-order chi connectivity index (χ1) is 8.22. The average molecular weight is 272 g/mol. The predicted octanol–water partition coefficient (Wildman–Crippen LogP) is 3.74. The Morgan fingerprint density at radius 2 is 2.24 bits per heavy atom. The maximum atomic E-state index is 12.1. The first-order valence-electron chi connectivity index (χ1n) is 6.18. The number of fused-ring (bicyclic) bond motifs is 1. The van der Waals surface area contributed by atoms with Crippen molar-refractivity contribution in [3.63, 3.8) is 0 Å². The van der Waals surface area contributed by atoms with Crippen LogP contribution in [0.5, 0.6) is 0 Å². The van der Waals surface area contributed by atoms with Crippen LogP contribution in [0.15, 0.2) is 6.07 Å². The van der Waals surface area contributed by atoms with Crippen LogP contribution < -0.4 is 4.90 Å². The number of alkyl halides is 1. The fourth-order valence-electron chi connectivity index (χ4n) is 2.24. The number of thiophene rings is 1. The third-order valence-corrected chi connectivity index (χ3v) is 4.43. The van der Waals surface area contributed by atoms with Crippen molar-refractivity contribution >= 4 is 34.5 Å². The van der Waals surface area contributed by atoms with Crippen molar-refractivity contribution in [3.8, 4) is 0 Å². The van der Waals surface area contributed by atoms with Crippen LogP contribution in [0, 0.1) is 6.92 Å². The molecule has 0 aromatic carbocycles. The molecule has 1 aromatic rings. The molecule has 1 aliphatic rings. The Labute approximate surface area is 112 Å². The molecule has 0 atom stereocenters. The van der Waals surface area contributed by atoms with Crippen LogP contribution in [0.4, 0.5) is 5.69 Å². The Kier molecular flexibility index (Phi) is 4.46. The summed E-state index contributed by atoms with van der Waals surface area (Å²) >= 11 is 7.52. The lowest BCUT2D eigenvalue weighted by Crippen LogP contribution is -2.30. The van der Waals surface area contributed by atoms with E-state index < -0.39 is 0 Å². The summed E-state index contributed by atoms with van der Waals surface area (Å²) in [5.41, 5.74) is 1.16. The smallest absolute Gasteiger partial charge is 0.227 e. The Morgan fingerprint density at radius 3 is 3.00 bits per heavy atom. The lowest BCUT2D eigenvalue weighted by Gasteiger charge is -2.20. The number of carbonyl (C=O) groups excluding carboxylic acids is 1. The lowest BCUT2D eigenvalue weighted by atomic mass is 10.2. The Morgan fingerprint density at radius 1 is 1.41 bits per heavy atom.